The van der Waals surface area contributed by atoms with Crippen LogP contribution in [0, 0.1) is 11.7 Å². The molecule has 1 heterocycles. The van der Waals surface area contributed by atoms with Gasteiger partial charge < -0.3 is 5.32 Å². The number of hydrogen-bond acceptors (Lipinski definition) is 2. The molecule has 120 valence electrons. The highest BCUT2D eigenvalue weighted by Gasteiger charge is 2.30. The van der Waals surface area contributed by atoms with E-state index in [1.807, 2.05) is 12.1 Å². The molecule has 0 fully saturated rings. The van der Waals surface area contributed by atoms with Crippen molar-refractivity contribution in [2.75, 3.05) is 0 Å². The van der Waals surface area contributed by atoms with E-state index in [-0.39, 0.29) is 28.9 Å². The second-order valence-electron chi connectivity index (χ2n) is 6.20. The second-order valence-corrected chi connectivity index (χ2v) is 7.44. The van der Waals surface area contributed by atoms with Crippen LogP contribution in [0.3, 0.4) is 0 Å². The Morgan fingerprint density at radius 3 is 2.52 bits per heavy atom. The number of benzene rings is 2. The van der Waals surface area contributed by atoms with Gasteiger partial charge in [0.15, 0.2) is 0 Å². The summed E-state index contributed by atoms with van der Waals surface area (Å²) < 4.78 is 13.1. The third kappa shape index (κ3) is 3.58. The van der Waals surface area contributed by atoms with Gasteiger partial charge >= 0.3 is 0 Å². The van der Waals surface area contributed by atoms with Crippen molar-refractivity contribution in [3.63, 3.8) is 0 Å². The van der Waals surface area contributed by atoms with E-state index in [1.54, 1.807) is 23.9 Å². The molecule has 2 unspecified atom stereocenters. The molecular formula is C19H20FNOS. The molecule has 4 heteroatoms. The van der Waals surface area contributed by atoms with Crippen molar-refractivity contribution in [2.24, 2.45) is 5.92 Å². The summed E-state index contributed by atoms with van der Waals surface area (Å²) in [5.74, 6) is 0.0248. The van der Waals surface area contributed by atoms with E-state index in [1.165, 1.54) is 22.6 Å². The average molecular weight is 329 g/mol. The fraction of sp³-hybridized carbons (Fsp3) is 0.316. The quantitative estimate of drug-likeness (QED) is 0.903. The molecule has 1 aliphatic rings. The molecule has 1 amide bonds. The maximum Gasteiger partial charge on any atom is 0.234 e. The van der Waals surface area contributed by atoms with E-state index in [0.717, 1.165) is 12.0 Å². The predicted octanol–water partition coefficient (Wildman–Crippen LogP) is 4.36. The van der Waals surface area contributed by atoms with E-state index < -0.39 is 0 Å². The lowest BCUT2D eigenvalue weighted by Gasteiger charge is -2.24. The molecule has 0 saturated carbocycles. The first-order valence-electron chi connectivity index (χ1n) is 7.85. The molecule has 2 atom stereocenters. The Balaban J connectivity index is 1.71. The molecule has 2 aromatic rings. The number of carbonyl (C=O) groups excluding carboxylic acids is 1. The van der Waals surface area contributed by atoms with Crippen LogP contribution in [0.1, 0.15) is 31.0 Å². The predicted molar refractivity (Wildman–Crippen MR) is 91.9 cm³/mol. The van der Waals surface area contributed by atoms with E-state index >= 15 is 0 Å². The van der Waals surface area contributed by atoms with Gasteiger partial charge in [0.25, 0.3) is 0 Å². The summed E-state index contributed by atoms with van der Waals surface area (Å²) in [4.78, 5) is 13.9. The van der Waals surface area contributed by atoms with Crippen LogP contribution in [0.15, 0.2) is 53.4 Å². The molecule has 1 N–H and O–H groups in total. The van der Waals surface area contributed by atoms with Crippen LogP contribution in [0.2, 0.25) is 0 Å². The monoisotopic (exact) mass is 329 g/mol. The molecule has 0 radical (unpaired) electrons. The normalized spacial score (nSPS) is 17.8. The number of rotatable bonds is 4. The molecule has 0 saturated heterocycles. The first-order valence-corrected chi connectivity index (χ1v) is 8.73. The lowest BCUT2D eigenvalue weighted by atomic mass is 9.95. The van der Waals surface area contributed by atoms with Gasteiger partial charge in [-0.15, -0.1) is 11.8 Å². The van der Waals surface area contributed by atoms with Crippen LogP contribution in [-0.2, 0) is 11.2 Å². The van der Waals surface area contributed by atoms with Crippen molar-refractivity contribution in [1.29, 1.82) is 0 Å². The largest absolute Gasteiger partial charge is 0.348 e. The van der Waals surface area contributed by atoms with E-state index in [0.29, 0.717) is 0 Å². The van der Waals surface area contributed by atoms with Crippen molar-refractivity contribution in [3.05, 3.63) is 65.5 Å². The number of fused-ring (bicyclic) bond motifs is 1. The Morgan fingerprint density at radius 2 is 1.87 bits per heavy atom. The SMILES string of the molecule is CC(C)C(NC(=O)C1Cc2ccccc2S1)c1ccc(F)cc1. The fourth-order valence-corrected chi connectivity index (χ4v) is 4.08. The van der Waals surface area contributed by atoms with Crippen molar-refractivity contribution < 1.29 is 9.18 Å². The number of halogens is 1. The van der Waals surface area contributed by atoms with Gasteiger partial charge in [0.05, 0.1) is 11.3 Å². The third-order valence-electron chi connectivity index (χ3n) is 4.13. The van der Waals surface area contributed by atoms with E-state index in [9.17, 15) is 9.18 Å². The minimum atomic E-state index is -0.260. The lowest BCUT2D eigenvalue weighted by Crippen LogP contribution is -2.37. The molecule has 3 rings (SSSR count). The zero-order chi connectivity index (χ0) is 16.4. The average Bonchev–Trinajstić information content (AvgIpc) is 2.97. The Labute approximate surface area is 140 Å². The highest BCUT2D eigenvalue weighted by Crippen LogP contribution is 2.37. The van der Waals surface area contributed by atoms with Crippen LogP contribution >= 0.6 is 11.8 Å². The summed E-state index contributed by atoms with van der Waals surface area (Å²) >= 11 is 1.62. The minimum Gasteiger partial charge on any atom is -0.348 e. The molecule has 1 aliphatic heterocycles. The van der Waals surface area contributed by atoms with Crippen LogP contribution in [0.5, 0.6) is 0 Å². The Kier molecular flexibility index (Phi) is 4.71. The fourth-order valence-electron chi connectivity index (χ4n) is 2.88. The summed E-state index contributed by atoms with van der Waals surface area (Å²) in [6, 6.07) is 14.4. The molecule has 2 aromatic carbocycles. The van der Waals surface area contributed by atoms with Crippen molar-refractivity contribution in [2.45, 2.75) is 36.5 Å². The second kappa shape index (κ2) is 6.75. The summed E-state index contributed by atoms with van der Waals surface area (Å²) in [7, 11) is 0. The van der Waals surface area contributed by atoms with Gasteiger partial charge in [-0.3, -0.25) is 4.79 Å². The van der Waals surface area contributed by atoms with Crippen LogP contribution in [-0.4, -0.2) is 11.2 Å². The third-order valence-corrected chi connectivity index (χ3v) is 5.45. The summed E-state index contributed by atoms with van der Waals surface area (Å²) in [6.07, 6.45) is 0.765. The van der Waals surface area contributed by atoms with Gasteiger partial charge in [-0.05, 0) is 41.7 Å². The van der Waals surface area contributed by atoms with Gasteiger partial charge in [0, 0.05) is 4.90 Å². The Hall–Kier alpha value is -1.81. The maximum absolute atomic E-state index is 13.1. The molecule has 0 spiro atoms. The minimum absolute atomic E-state index is 0.0502. The summed E-state index contributed by atoms with van der Waals surface area (Å²) in [6.45, 7) is 4.12. The van der Waals surface area contributed by atoms with E-state index in [2.05, 4.69) is 31.3 Å². The summed E-state index contributed by atoms with van der Waals surface area (Å²) in [5.41, 5.74) is 2.18. The zero-order valence-corrected chi connectivity index (χ0v) is 14.1. The van der Waals surface area contributed by atoms with Gasteiger partial charge in [-0.2, -0.15) is 0 Å². The van der Waals surface area contributed by atoms with Gasteiger partial charge in [0.2, 0.25) is 5.91 Å². The van der Waals surface area contributed by atoms with Gasteiger partial charge in [-0.25, -0.2) is 4.39 Å². The smallest absolute Gasteiger partial charge is 0.234 e. The van der Waals surface area contributed by atoms with Gasteiger partial charge in [-0.1, -0.05) is 44.2 Å². The molecule has 2 nitrogen and oxygen atoms in total. The number of carbonyl (C=O) groups is 1. The van der Waals surface area contributed by atoms with Crippen molar-refractivity contribution >= 4 is 17.7 Å². The first kappa shape index (κ1) is 16.1. The lowest BCUT2D eigenvalue weighted by molar-refractivity contribution is -0.121. The maximum atomic E-state index is 13.1. The van der Waals surface area contributed by atoms with E-state index in [4.69, 9.17) is 0 Å². The Bertz CT molecular complexity index is 674. The van der Waals surface area contributed by atoms with Crippen LogP contribution in [0.4, 0.5) is 4.39 Å². The molecule has 23 heavy (non-hydrogen) atoms. The number of hydrogen-bond donors (Lipinski definition) is 1. The number of amides is 1. The van der Waals surface area contributed by atoms with Crippen molar-refractivity contribution in [1.82, 2.24) is 5.32 Å². The number of nitrogens with one attached hydrogen (secondary N) is 1. The standard InChI is InChI=1S/C19H20FNOS/c1-12(2)18(13-7-9-15(20)10-8-13)21-19(22)17-11-14-5-3-4-6-16(14)23-17/h3-10,12,17-18H,11H2,1-2H3,(H,21,22). The highest BCUT2D eigenvalue weighted by molar-refractivity contribution is 8.01. The van der Waals surface area contributed by atoms with Crippen LogP contribution in [0.25, 0.3) is 0 Å². The topological polar surface area (TPSA) is 29.1 Å². The summed E-state index contributed by atoms with van der Waals surface area (Å²) in [5, 5.41) is 3.06. The van der Waals surface area contributed by atoms with Gasteiger partial charge in [0.1, 0.15) is 5.82 Å². The highest BCUT2D eigenvalue weighted by atomic mass is 32.2. The molecule has 0 aromatic heterocycles. The number of thioether (sulfide) groups is 1. The van der Waals surface area contributed by atoms with Crippen molar-refractivity contribution in [3.8, 4) is 0 Å². The first-order chi connectivity index (χ1) is 11.0. The molecule has 0 aliphatic carbocycles. The van der Waals surface area contributed by atoms with Crippen LogP contribution < -0.4 is 5.32 Å². The molecular weight excluding hydrogens is 309 g/mol. The molecule has 0 bridgehead atoms. The Morgan fingerprint density at radius 1 is 1.17 bits per heavy atom. The zero-order valence-electron chi connectivity index (χ0n) is 13.3.